The van der Waals surface area contributed by atoms with Gasteiger partial charge in [-0.1, -0.05) is 24.3 Å². The Morgan fingerprint density at radius 3 is 2.55 bits per heavy atom. The molecule has 0 fully saturated rings. The highest BCUT2D eigenvalue weighted by Crippen LogP contribution is 2.42. The lowest BCUT2D eigenvalue weighted by Crippen LogP contribution is -2.44. The number of nitrogens with zero attached hydrogens (tertiary/aromatic N) is 1. The van der Waals surface area contributed by atoms with Gasteiger partial charge in [-0.3, -0.25) is 13.9 Å². The zero-order chi connectivity index (χ0) is 24.0. The van der Waals surface area contributed by atoms with Crippen LogP contribution in [0.3, 0.4) is 0 Å². The summed E-state index contributed by atoms with van der Waals surface area (Å²) in [4.78, 5) is 25.6. The molecule has 3 N–H and O–H groups in total. The molecule has 172 valence electrons. The number of nitrogens with one attached hydrogen (secondary N) is 1. The van der Waals surface area contributed by atoms with E-state index in [0.717, 1.165) is 0 Å². The van der Waals surface area contributed by atoms with Crippen molar-refractivity contribution in [3.05, 3.63) is 72.1 Å². The lowest BCUT2D eigenvalue weighted by Gasteiger charge is -2.35. The molecule has 2 aromatic carbocycles. The van der Waals surface area contributed by atoms with Crippen LogP contribution in [-0.4, -0.2) is 32.8 Å². The maximum Gasteiger partial charge on any atom is 0.264 e. The molecule has 1 amide bonds. The van der Waals surface area contributed by atoms with Gasteiger partial charge in [0.25, 0.3) is 10.0 Å². The number of ether oxygens (including phenoxy) is 1. The van der Waals surface area contributed by atoms with E-state index in [0.29, 0.717) is 29.1 Å². The standard InChI is InChI=1S/C24H25N3O5S/c1-24(2)22(28)20(21-17(23(25)29)10-7-13-26-21)18-14-16(11-12-19(18)32-24)33(30,31)27(3)15-8-5-4-6-9-15/h4-9,11-14,17,26H,10H2,1-3H3,(H2,25,29). The number of fused-ring (bicyclic) bond motifs is 1. The van der Waals surface area contributed by atoms with E-state index in [-0.39, 0.29) is 16.3 Å². The van der Waals surface area contributed by atoms with Crippen LogP contribution in [0.2, 0.25) is 0 Å². The van der Waals surface area contributed by atoms with Crippen LogP contribution in [0.1, 0.15) is 25.8 Å². The van der Waals surface area contributed by atoms with Crippen molar-refractivity contribution in [2.75, 3.05) is 11.4 Å². The van der Waals surface area contributed by atoms with E-state index in [9.17, 15) is 18.0 Å². The van der Waals surface area contributed by atoms with Gasteiger partial charge in [-0.05, 0) is 56.8 Å². The highest BCUT2D eigenvalue weighted by molar-refractivity contribution is 7.92. The molecule has 2 aliphatic heterocycles. The lowest BCUT2D eigenvalue weighted by molar-refractivity contribution is -0.126. The average Bonchev–Trinajstić information content (AvgIpc) is 2.79. The van der Waals surface area contributed by atoms with E-state index in [1.54, 1.807) is 56.5 Å². The molecule has 1 unspecified atom stereocenters. The van der Waals surface area contributed by atoms with Crippen molar-refractivity contribution < 1.29 is 22.7 Å². The van der Waals surface area contributed by atoms with Gasteiger partial charge in [-0.2, -0.15) is 0 Å². The molecule has 0 saturated heterocycles. The molecule has 1 atom stereocenters. The minimum atomic E-state index is -3.94. The Hall–Kier alpha value is -3.59. The Labute approximate surface area is 192 Å². The van der Waals surface area contributed by atoms with Crippen LogP contribution in [0, 0.1) is 5.92 Å². The van der Waals surface area contributed by atoms with Gasteiger partial charge in [0.15, 0.2) is 5.60 Å². The zero-order valence-corrected chi connectivity index (χ0v) is 19.3. The van der Waals surface area contributed by atoms with Gasteiger partial charge in [-0.15, -0.1) is 0 Å². The molecule has 4 rings (SSSR count). The van der Waals surface area contributed by atoms with Crippen LogP contribution in [0.15, 0.2) is 71.4 Å². The first kappa shape index (κ1) is 22.6. The number of para-hydroxylation sites is 1. The summed E-state index contributed by atoms with van der Waals surface area (Å²) in [6.07, 6.45) is 3.73. The van der Waals surface area contributed by atoms with Crippen LogP contribution >= 0.6 is 0 Å². The van der Waals surface area contributed by atoms with Gasteiger partial charge in [0.2, 0.25) is 11.7 Å². The van der Waals surface area contributed by atoms with Gasteiger partial charge in [0.05, 0.1) is 22.1 Å². The minimum Gasteiger partial charge on any atom is -0.479 e. The van der Waals surface area contributed by atoms with Crippen LogP contribution in [-0.2, 0) is 19.6 Å². The number of carbonyl (C=O) groups is 2. The monoisotopic (exact) mass is 467 g/mol. The molecule has 33 heavy (non-hydrogen) atoms. The number of carbonyl (C=O) groups excluding carboxylic acids is 2. The maximum absolute atomic E-state index is 13.4. The molecule has 0 aliphatic carbocycles. The quantitative estimate of drug-likeness (QED) is 0.667. The summed E-state index contributed by atoms with van der Waals surface area (Å²) in [5.74, 6) is -1.35. The van der Waals surface area contributed by atoms with Crippen LogP contribution in [0.4, 0.5) is 5.69 Å². The van der Waals surface area contributed by atoms with Gasteiger partial charge in [-0.25, -0.2) is 8.42 Å². The first-order valence-electron chi connectivity index (χ1n) is 10.4. The van der Waals surface area contributed by atoms with E-state index in [2.05, 4.69) is 5.32 Å². The van der Waals surface area contributed by atoms with Gasteiger partial charge in [0.1, 0.15) is 5.75 Å². The first-order valence-corrected chi connectivity index (χ1v) is 11.9. The molecule has 0 saturated carbocycles. The fraction of sp³-hybridized carbons (Fsp3) is 0.250. The van der Waals surface area contributed by atoms with E-state index >= 15 is 0 Å². The van der Waals surface area contributed by atoms with Crippen molar-refractivity contribution in [2.24, 2.45) is 11.7 Å². The third-order valence-corrected chi connectivity index (χ3v) is 7.61. The third-order valence-electron chi connectivity index (χ3n) is 5.83. The Kier molecular flexibility index (Phi) is 5.53. The molecule has 0 spiro atoms. The number of anilines is 1. The molecule has 2 heterocycles. The number of hydrogen-bond acceptors (Lipinski definition) is 6. The molecule has 8 nitrogen and oxygen atoms in total. The van der Waals surface area contributed by atoms with Gasteiger partial charge < -0.3 is 15.8 Å². The van der Waals surface area contributed by atoms with Crippen molar-refractivity contribution in [3.8, 4) is 5.75 Å². The van der Waals surface area contributed by atoms with Gasteiger partial charge in [0, 0.05) is 18.3 Å². The molecule has 0 aromatic heterocycles. The summed E-state index contributed by atoms with van der Waals surface area (Å²) in [7, 11) is -2.47. The number of allylic oxidation sites excluding steroid dienone is 1. The summed E-state index contributed by atoms with van der Waals surface area (Å²) in [5.41, 5.74) is 5.74. The molecule has 9 heteroatoms. The topological polar surface area (TPSA) is 119 Å². The van der Waals surface area contributed by atoms with Crippen molar-refractivity contribution in [1.29, 1.82) is 0 Å². The highest BCUT2D eigenvalue weighted by atomic mass is 32.2. The van der Waals surface area contributed by atoms with E-state index in [1.807, 2.05) is 0 Å². The second-order valence-corrected chi connectivity index (χ2v) is 10.4. The minimum absolute atomic E-state index is 0.0104. The SMILES string of the molecule is CN(c1ccccc1)S(=O)(=O)c1ccc2c(c1)C(=C1NC=CCC1C(N)=O)C(=O)C(C)(C)O2. The molecular formula is C24H25N3O5S. The number of sulfonamides is 1. The predicted octanol–water partition coefficient (Wildman–Crippen LogP) is 2.57. The number of nitrogens with two attached hydrogens (primary N) is 1. The van der Waals surface area contributed by atoms with Crippen LogP contribution < -0.4 is 20.1 Å². The molecule has 2 aliphatic rings. The fourth-order valence-electron chi connectivity index (χ4n) is 3.98. The molecule has 0 radical (unpaired) electrons. The van der Waals surface area contributed by atoms with Crippen molar-refractivity contribution >= 4 is 33.0 Å². The Morgan fingerprint density at radius 1 is 1.18 bits per heavy atom. The Bertz CT molecular complexity index is 1300. The number of hydrogen-bond donors (Lipinski definition) is 2. The first-order chi connectivity index (χ1) is 15.5. The lowest BCUT2D eigenvalue weighted by atomic mass is 9.82. The largest absolute Gasteiger partial charge is 0.479 e. The van der Waals surface area contributed by atoms with Gasteiger partial charge >= 0.3 is 0 Å². The van der Waals surface area contributed by atoms with Crippen molar-refractivity contribution in [2.45, 2.75) is 30.8 Å². The molecular weight excluding hydrogens is 442 g/mol. The van der Waals surface area contributed by atoms with E-state index < -0.39 is 27.4 Å². The number of primary amides is 1. The second-order valence-electron chi connectivity index (χ2n) is 8.43. The summed E-state index contributed by atoms with van der Waals surface area (Å²) >= 11 is 0. The molecule has 0 bridgehead atoms. The van der Waals surface area contributed by atoms with Crippen molar-refractivity contribution in [3.63, 3.8) is 0 Å². The normalized spacial score (nSPS) is 21.5. The zero-order valence-electron chi connectivity index (χ0n) is 18.5. The summed E-state index contributed by atoms with van der Waals surface area (Å²) in [6.45, 7) is 3.26. The Balaban J connectivity index is 1.91. The number of Topliss-reactive ketones (excluding diaryl/α,β-unsaturated/α-hetero) is 1. The number of ketones is 1. The summed E-state index contributed by atoms with van der Waals surface area (Å²) in [6, 6.07) is 13.1. The smallest absolute Gasteiger partial charge is 0.264 e. The van der Waals surface area contributed by atoms with E-state index in [1.165, 1.54) is 29.6 Å². The second kappa shape index (κ2) is 8.08. The van der Waals surface area contributed by atoms with Crippen LogP contribution in [0.5, 0.6) is 5.75 Å². The van der Waals surface area contributed by atoms with Crippen LogP contribution in [0.25, 0.3) is 5.57 Å². The molecule has 2 aromatic rings. The third kappa shape index (κ3) is 3.89. The fourth-order valence-corrected chi connectivity index (χ4v) is 5.20. The van der Waals surface area contributed by atoms with Crippen molar-refractivity contribution in [1.82, 2.24) is 5.32 Å². The maximum atomic E-state index is 13.4. The predicted molar refractivity (Wildman–Crippen MR) is 125 cm³/mol. The summed E-state index contributed by atoms with van der Waals surface area (Å²) in [5, 5.41) is 3.00. The summed E-state index contributed by atoms with van der Waals surface area (Å²) < 4.78 is 33.8. The van der Waals surface area contributed by atoms with E-state index in [4.69, 9.17) is 10.5 Å². The number of benzene rings is 2. The number of rotatable bonds is 4. The number of amides is 1. The Morgan fingerprint density at radius 2 is 1.88 bits per heavy atom. The highest BCUT2D eigenvalue weighted by Gasteiger charge is 2.43. The average molecular weight is 468 g/mol.